The molecular weight excluding hydrogens is 352 g/mol. The second kappa shape index (κ2) is 9.57. The van der Waals surface area contributed by atoms with Crippen LogP contribution >= 0.6 is 11.6 Å². The Morgan fingerprint density at radius 2 is 1.62 bits per heavy atom. The van der Waals surface area contributed by atoms with Gasteiger partial charge in [0.1, 0.15) is 6.61 Å². The van der Waals surface area contributed by atoms with E-state index in [1.165, 1.54) is 0 Å². The van der Waals surface area contributed by atoms with Crippen molar-refractivity contribution in [3.8, 4) is 0 Å². The van der Waals surface area contributed by atoms with Gasteiger partial charge in [-0.25, -0.2) is 4.79 Å². The quantitative estimate of drug-likeness (QED) is 0.788. The van der Waals surface area contributed by atoms with Crippen molar-refractivity contribution in [1.29, 1.82) is 0 Å². The van der Waals surface area contributed by atoms with Gasteiger partial charge in [-0.05, 0) is 61.3 Å². The van der Waals surface area contributed by atoms with E-state index in [0.29, 0.717) is 23.4 Å². The number of piperidine rings is 1. The molecule has 0 unspecified atom stereocenters. The molecule has 1 saturated heterocycles. The summed E-state index contributed by atoms with van der Waals surface area (Å²) in [5, 5.41) is 6.70. The molecule has 0 radical (unpaired) electrons. The van der Waals surface area contributed by atoms with E-state index in [2.05, 4.69) is 10.6 Å². The number of hydrogen-bond acceptors (Lipinski definition) is 4. The lowest BCUT2D eigenvalue weighted by molar-refractivity contribution is 0.0212. The molecule has 26 heavy (non-hydrogen) atoms. The summed E-state index contributed by atoms with van der Waals surface area (Å²) in [6.07, 6.45) is 1.95. The Morgan fingerprint density at radius 1 is 1.00 bits per heavy atom. The highest BCUT2D eigenvalue weighted by Gasteiger charge is 2.13. The van der Waals surface area contributed by atoms with Crippen LogP contribution in [-0.4, -0.2) is 25.3 Å². The first-order chi connectivity index (χ1) is 12.7. The SMILES string of the molecule is O=C(Nc1ccc(COC2CCNCC2)cc1)OCc1ccc(Cl)cc1. The van der Waals surface area contributed by atoms with Crippen molar-refractivity contribution < 1.29 is 14.3 Å². The maximum absolute atomic E-state index is 11.9. The number of anilines is 1. The third-order valence-corrected chi connectivity index (χ3v) is 4.51. The fraction of sp³-hybridized carbons (Fsp3) is 0.350. The van der Waals surface area contributed by atoms with Crippen LogP contribution in [0.15, 0.2) is 48.5 Å². The molecule has 0 aromatic heterocycles. The Bertz CT molecular complexity index is 698. The average molecular weight is 375 g/mol. The smallest absolute Gasteiger partial charge is 0.411 e. The lowest BCUT2D eigenvalue weighted by atomic mass is 10.1. The van der Waals surface area contributed by atoms with Crippen molar-refractivity contribution >= 4 is 23.4 Å². The van der Waals surface area contributed by atoms with Gasteiger partial charge in [0.2, 0.25) is 0 Å². The number of halogens is 1. The van der Waals surface area contributed by atoms with Gasteiger partial charge < -0.3 is 14.8 Å². The minimum absolute atomic E-state index is 0.200. The van der Waals surface area contributed by atoms with E-state index in [4.69, 9.17) is 21.1 Å². The summed E-state index contributed by atoms with van der Waals surface area (Å²) in [7, 11) is 0. The lowest BCUT2D eigenvalue weighted by Gasteiger charge is -2.23. The Kier molecular flexibility index (Phi) is 6.89. The first kappa shape index (κ1) is 18.7. The van der Waals surface area contributed by atoms with Crippen molar-refractivity contribution in [2.75, 3.05) is 18.4 Å². The van der Waals surface area contributed by atoms with Crippen LogP contribution in [0.3, 0.4) is 0 Å². The number of nitrogens with one attached hydrogen (secondary N) is 2. The Balaban J connectivity index is 1.41. The van der Waals surface area contributed by atoms with Gasteiger partial charge in [-0.3, -0.25) is 5.32 Å². The van der Waals surface area contributed by atoms with E-state index in [1.807, 2.05) is 36.4 Å². The molecule has 5 nitrogen and oxygen atoms in total. The molecular formula is C20H23ClN2O3. The van der Waals surface area contributed by atoms with E-state index in [1.54, 1.807) is 12.1 Å². The van der Waals surface area contributed by atoms with Crippen molar-refractivity contribution in [1.82, 2.24) is 5.32 Å². The second-order valence-electron chi connectivity index (χ2n) is 6.28. The monoisotopic (exact) mass is 374 g/mol. The number of ether oxygens (including phenoxy) is 2. The molecule has 2 aromatic carbocycles. The van der Waals surface area contributed by atoms with Crippen molar-refractivity contribution in [3.05, 3.63) is 64.7 Å². The van der Waals surface area contributed by atoms with Crippen LogP contribution in [0.4, 0.5) is 10.5 Å². The molecule has 0 atom stereocenters. The Morgan fingerprint density at radius 3 is 2.31 bits per heavy atom. The molecule has 2 N–H and O–H groups in total. The molecule has 0 bridgehead atoms. The van der Waals surface area contributed by atoms with Gasteiger partial charge in [-0.1, -0.05) is 35.9 Å². The number of rotatable bonds is 6. The summed E-state index contributed by atoms with van der Waals surface area (Å²) in [6, 6.07) is 14.8. The van der Waals surface area contributed by atoms with Crippen LogP contribution in [-0.2, 0) is 22.7 Å². The summed E-state index contributed by atoms with van der Waals surface area (Å²) in [6.45, 7) is 2.83. The highest BCUT2D eigenvalue weighted by atomic mass is 35.5. The number of amides is 1. The highest BCUT2D eigenvalue weighted by molar-refractivity contribution is 6.30. The molecule has 1 aliphatic rings. The van der Waals surface area contributed by atoms with E-state index >= 15 is 0 Å². The largest absolute Gasteiger partial charge is 0.444 e. The topological polar surface area (TPSA) is 59.6 Å². The van der Waals surface area contributed by atoms with E-state index in [9.17, 15) is 4.79 Å². The van der Waals surface area contributed by atoms with Crippen LogP contribution in [0.2, 0.25) is 5.02 Å². The maximum atomic E-state index is 11.9. The van der Waals surface area contributed by atoms with Gasteiger partial charge in [0.05, 0.1) is 12.7 Å². The number of carbonyl (C=O) groups excluding carboxylic acids is 1. The molecule has 0 aliphatic carbocycles. The number of carbonyl (C=O) groups is 1. The van der Waals surface area contributed by atoms with Crippen LogP contribution in [0.25, 0.3) is 0 Å². The zero-order valence-electron chi connectivity index (χ0n) is 14.5. The van der Waals surface area contributed by atoms with Crippen molar-refractivity contribution in [3.63, 3.8) is 0 Å². The zero-order valence-corrected chi connectivity index (χ0v) is 15.3. The fourth-order valence-electron chi connectivity index (χ4n) is 2.74. The minimum atomic E-state index is -0.487. The third-order valence-electron chi connectivity index (χ3n) is 4.26. The van der Waals surface area contributed by atoms with Gasteiger partial charge in [-0.2, -0.15) is 0 Å². The molecule has 138 valence electrons. The van der Waals surface area contributed by atoms with Crippen LogP contribution in [0.5, 0.6) is 0 Å². The molecule has 6 heteroatoms. The fourth-order valence-corrected chi connectivity index (χ4v) is 2.87. The Labute approximate surface area is 158 Å². The molecule has 1 aliphatic heterocycles. The highest BCUT2D eigenvalue weighted by Crippen LogP contribution is 2.15. The standard InChI is InChI=1S/C20H23ClN2O3/c21-17-5-1-15(2-6-17)14-26-20(24)23-18-7-3-16(4-8-18)13-25-19-9-11-22-12-10-19/h1-8,19,22H,9-14H2,(H,23,24). The molecule has 0 spiro atoms. The molecule has 3 rings (SSSR count). The molecule has 1 heterocycles. The minimum Gasteiger partial charge on any atom is -0.444 e. The van der Waals surface area contributed by atoms with Crippen LogP contribution < -0.4 is 10.6 Å². The van der Waals surface area contributed by atoms with E-state index in [-0.39, 0.29) is 6.61 Å². The number of hydrogen-bond donors (Lipinski definition) is 2. The first-order valence-corrected chi connectivity index (χ1v) is 9.16. The second-order valence-corrected chi connectivity index (χ2v) is 6.72. The van der Waals surface area contributed by atoms with E-state index in [0.717, 1.165) is 37.1 Å². The Hall–Kier alpha value is -2.08. The molecule has 2 aromatic rings. The predicted molar refractivity (Wildman–Crippen MR) is 102 cm³/mol. The van der Waals surface area contributed by atoms with Gasteiger partial charge >= 0.3 is 6.09 Å². The van der Waals surface area contributed by atoms with Crippen LogP contribution in [0, 0.1) is 0 Å². The molecule has 1 amide bonds. The summed E-state index contributed by atoms with van der Waals surface area (Å²) in [5.74, 6) is 0. The maximum Gasteiger partial charge on any atom is 0.411 e. The molecule has 0 saturated carbocycles. The van der Waals surface area contributed by atoms with Crippen molar-refractivity contribution in [2.24, 2.45) is 0 Å². The van der Waals surface area contributed by atoms with Gasteiger partial charge in [-0.15, -0.1) is 0 Å². The van der Waals surface area contributed by atoms with Gasteiger partial charge in [0, 0.05) is 10.7 Å². The van der Waals surface area contributed by atoms with Gasteiger partial charge in [0.25, 0.3) is 0 Å². The summed E-state index contributed by atoms with van der Waals surface area (Å²) < 4.78 is 11.1. The predicted octanol–water partition coefficient (Wildman–Crippen LogP) is 4.36. The number of benzene rings is 2. The summed E-state index contributed by atoms with van der Waals surface area (Å²) >= 11 is 5.83. The molecule has 1 fully saturated rings. The van der Waals surface area contributed by atoms with E-state index < -0.39 is 6.09 Å². The average Bonchev–Trinajstić information content (AvgIpc) is 2.68. The van der Waals surface area contributed by atoms with Crippen LogP contribution in [0.1, 0.15) is 24.0 Å². The third kappa shape index (κ3) is 6.02. The zero-order chi connectivity index (χ0) is 18.2. The van der Waals surface area contributed by atoms with Gasteiger partial charge in [0.15, 0.2) is 0 Å². The normalized spacial score (nSPS) is 14.8. The first-order valence-electron chi connectivity index (χ1n) is 8.78. The summed E-state index contributed by atoms with van der Waals surface area (Å²) in [5.41, 5.74) is 2.66. The van der Waals surface area contributed by atoms with Crippen molar-refractivity contribution in [2.45, 2.75) is 32.2 Å². The summed E-state index contributed by atoms with van der Waals surface area (Å²) in [4.78, 5) is 11.9. The lowest BCUT2D eigenvalue weighted by Crippen LogP contribution is -2.32.